The lowest BCUT2D eigenvalue weighted by Gasteiger charge is -2.30. The number of aldehydes is 1. The van der Waals surface area contributed by atoms with Gasteiger partial charge in [0.15, 0.2) is 0 Å². The Bertz CT molecular complexity index is 622. The Morgan fingerprint density at radius 2 is 2.16 bits per heavy atom. The smallest absolute Gasteiger partial charge is 0.150 e. The van der Waals surface area contributed by atoms with Crippen LogP contribution < -0.4 is 4.90 Å². The van der Waals surface area contributed by atoms with Crippen LogP contribution in [0.25, 0.3) is 0 Å². The molecule has 3 nitrogen and oxygen atoms in total. The van der Waals surface area contributed by atoms with E-state index < -0.39 is 0 Å². The average molecular weight is 252 g/mol. The van der Waals surface area contributed by atoms with Crippen LogP contribution in [0.3, 0.4) is 0 Å². The monoisotopic (exact) mass is 252 g/mol. The molecule has 2 aromatic rings. The van der Waals surface area contributed by atoms with E-state index in [4.69, 9.17) is 0 Å². The number of aromatic nitrogens is 1. The van der Waals surface area contributed by atoms with Crippen molar-refractivity contribution in [3.63, 3.8) is 0 Å². The van der Waals surface area contributed by atoms with Crippen LogP contribution in [0.15, 0.2) is 36.5 Å². The summed E-state index contributed by atoms with van der Waals surface area (Å²) >= 11 is 0. The Balaban J connectivity index is 2.08. The van der Waals surface area contributed by atoms with E-state index in [0.29, 0.717) is 0 Å². The predicted octanol–water partition coefficient (Wildman–Crippen LogP) is 3.29. The highest BCUT2D eigenvalue weighted by molar-refractivity contribution is 5.79. The number of hydrogen-bond donors (Lipinski definition) is 0. The molecule has 1 aliphatic heterocycles. The second-order valence-corrected chi connectivity index (χ2v) is 4.95. The second kappa shape index (κ2) is 4.84. The molecule has 19 heavy (non-hydrogen) atoms. The van der Waals surface area contributed by atoms with Crippen LogP contribution in [0, 0.1) is 6.92 Å². The van der Waals surface area contributed by atoms with E-state index in [-0.39, 0.29) is 0 Å². The fourth-order valence-corrected chi connectivity index (χ4v) is 2.57. The highest BCUT2D eigenvalue weighted by atomic mass is 16.1. The molecule has 0 saturated carbocycles. The van der Waals surface area contributed by atoms with Crippen LogP contribution in [0.1, 0.15) is 27.9 Å². The molecule has 0 N–H and O–H groups in total. The Morgan fingerprint density at radius 1 is 1.26 bits per heavy atom. The first-order chi connectivity index (χ1) is 9.28. The molecular formula is C16H16N2O. The maximum atomic E-state index is 11.0. The van der Waals surface area contributed by atoms with Crippen molar-refractivity contribution in [1.82, 2.24) is 4.98 Å². The van der Waals surface area contributed by atoms with Crippen LogP contribution in [0.4, 0.5) is 11.5 Å². The zero-order valence-corrected chi connectivity index (χ0v) is 11.0. The molecule has 0 spiro atoms. The molecule has 0 fully saturated rings. The van der Waals surface area contributed by atoms with Gasteiger partial charge in [0.05, 0.1) is 0 Å². The van der Waals surface area contributed by atoms with Gasteiger partial charge in [0.2, 0.25) is 0 Å². The summed E-state index contributed by atoms with van der Waals surface area (Å²) in [5.74, 6) is 0.962. The Morgan fingerprint density at radius 3 is 2.95 bits per heavy atom. The minimum atomic E-state index is 0.721. The van der Waals surface area contributed by atoms with E-state index >= 15 is 0 Å². The third-order valence-corrected chi connectivity index (χ3v) is 3.54. The Kier molecular flexibility index (Phi) is 3.03. The van der Waals surface area contributed by atoms with Gasteiger partial charge in [-0.3, -0.25) is 4.79 Å². The molecule has 0 radical (unpaired) electrons. The first-order valence-corrected chi connectivity index (χ1v) is 6.56. The van der Waals surface area contributed by atoms with Crippen LogP contribution in [-0.4, -0.2) is 17.8 Å². The van der Waals surface area contributed by atoms with E-state index in [9.17, 15) is 4.79 Å². The third-order valence-electron chi connectivity index (χ3n) is 3.54. The van der Waals surface area contributed by atoms with Gasteiger partial charge in [0, 0.05) is 24.0 Å². The maximum Gasteiger partial charge on any atom is 0.150 e. The van der Waals surface area contributed by atoms with Gasteiger partial charge in [0.1, 0.15) is 12.1 Å². The van der Waals surface area contributed by atoms with Crippen molar-refractivity contribution in [3.05, 3.63) is 53.2 Å². The minimum Gasteiger partial charge on any atom is -0.326 e. The van der Waals surface area contributed by atoms with Crippen molar-refractivity contribution in [2.45, 2.75) is 19.8 Å². The van der Waals surface area contributed by atoms with Gasteiger partial charge in [-0.1, -0.05) is 12.1 Å². The van der Waals surface area contributed by atoms with Gasteiger partial charge in [-0.15, -0.1) is 0 Å². The van der Waals surface area contributed by atoms with Crippen LogP contribution in [0.2, 0.25) is 0 Å². The molecule has 0 atom stereocenters. The number of hydrogen-bond acceptors (Lipinski definition) is 3. The van der Waals surface area contributed by atoms with Gasteiger partial charge in [0.25, 0.3) is 0 Å². The molecule has 0 aliphatic carbocycles. The van der Waals surface area contributed by atoms with Crippen LogP contribution in [-0.2, 0) is 6.42 Å². The summed E-state index contributed by atoms with van der Waals surface area (Å²) in [6, 6.07) is 9.99. The standard InChI is InChI=1S/C16H16N2O/c1-12-6-7-17-16(9-12)18-8-2-3-14-5-4-13(11-19)10-15(14)18/h4-7,9-11H,2-3,8H2,1H3. The molecular weight excluding hydrogens is 236 g/mol. The summed E-state index contributed by atoms with van der Waals surface area (Å²) in [4.78, 5) is 17.6. The van der Waals surface area contributed by atoms with Crippen molar-refractivity contribution in [3.8, 4) is 0 Å². The van der Waals surface area contributed by atoms with Gasteiger partial charge in [-0.25, -0.2) is 4.98 Å². The van der Waals surface area contributed by atoms with Crippen LogP contribution >= 0.6 is 0 Å². The molecule has 0 saturated heterocycles. The molecule has 3 rings (SSSR count). The molecule has 1 aromatic carbocycles. The molecule has 2 heterocycles. The third kappa shape index (κ3) is 2.24. The molecule has 0 unspecified atom stereocenters. The highest BCUT2D eigenvalue weighted by Crippen LogP contribution is 2.33. The van der Waals surface area contributed by atoms with Gasteiger partial charge in [-0.2, -0.15) is 0 Å². The summed E-state index contributed by atoms with van der Waals surface area (Å²) in [6.45, 7) is 3.02. The van der Waals surface area contributed by atoms with Crippen molar-refractivity contribution < 1.29 is 4.79 Å². The zero-order chi connectivity index (χ0) is 13.2. The molecule has 96 valence electrons. The Hall–Kier alpha value is -2.16. The first-order valence-electron chi connectivity index (χ1n) is 6.56. The summed E-state index contributed by atoms with van der Waals surface area (Å²) in [7, 11) is 0. The lowest BCUT2D eigenvalue weighted by Crippen LogP contribution is -2.25. The maximum absolute atomic E-state index is 11.0. The number of carbonyl (C=O) groups excluding carboxylic acids is 1. The number of nitrogens with zero attached hydrogens (tertiary/aromatic N) is 2. The van der Waals surface area contributed by atoms with E-state index in [1.807, 2.05) is 24.4 Å². The lowest BCUT2D eigenvalue weighted by atomic mass is 9.99. The van der Waals surface area contributed by atoms with Gasteiger partial charge < -0.3 is 4.90 Å². The number of fused-ring (bicyclic) bond motifs is 1. The number of rotatable bonds is 2. The van der Waals surface area contributed by atoms with E-state index in [0.717, 1.165) is 42.7 Å². The van der Waals surface area contributed by atoms with E-state index in [1.165, 1.54) is 11.1 Å². The first kappa shape index (κ1) is 11.9. The SMILES string of the molecule is Cc1ccnc(N2CCCc3ccc(C=O)cc32)c1. The van der Waals surface area contributed by atoms with Crippen molar-refractivity contribution in [2.24, 2.45) is 0 Å². The van der Waals surface area contributed by atoms with E-state index in [1.54, 1.807) is 0 Å². The number of anilines is 2. The van der Waals surface area contributed by atoms with Gasteiger partial charge in [-0.05, 0) is 49.1 Å². The predicted molar refractivity (Wildman–Crippen MR) is 76.1 cm³/mol. The number of carbonyl (C=O) groups is 1. The lowest BCUT2D eigenvalue weighted by molar-refractivity contribution is 0.112. The number of aryl methyl sites for hydroxylation is 2. The minimum absolute atomic E-state index is 0.721. The normalized spacial score (nSPS) is 14.1. The van der Waals surface area contributed by atoms with Crippen LogP contribution in [0.5, 0.6) is 0 Å². The number of benzene rings is 1. The fourth-order valence-electron chi connectivity index (χ4n) is 2.57. The van der Waals surface area contributed by atoms with Crippen molar-refractivity contribution in [1.29, 1.82) is 0 Å². The topological polar surface area (TPSA) is 33.2 Å². The summed E-state index contributed by atoms with van der Waals surface area (Å²) in [5, 5.41) is 0. The van der Waals surface area contributed by atoms with Crippen molar-refractivity contribution >= 4 is 17.8 Å². The summed E-state index contributed by atoms with van der Waals surface area (Å²) in [5.41, 5.74) is 4.33. The average Bonchev–Trinajstić information content (AvgIpc) is 2.46. The number of pyridine rings is 1. The second-order valence-electron chi connectivity index (χ2n) is 4.95. The molecule has 3 heteroatoms. The molecule has 1 aliphatic rings. The van der Waals surface area contributed by atoms with Crippen molar-refractivity contribution in [2.75, 3.05) is 11.4 Å². The quantitative estimate of drug-likeness (QED) is 0.769. The molecule has 0 amide bonds. The Labute approximate surface area is 112 Å². The fraction of sp³-hybridized carbons (Fsp3) is 0.250. The summed E-state index contributed by atoms with van der Waals surface area (Å²) in [6.07, 6.45) is 4.92. The highest BCUT2D eigenvalue weighted by Gasteiger charge is 2.19. The summed E-state index contributed by atoms with van der Waals surface area (Å²) < 4.78 is 0. The largest absolute Gasteiger partial charge is 0.326 e. The zero-order valence-electron chi connectivity index (χ0n) is 11.0. The van der Waals surface area contributed by atoms with Gasteiger partial charge >= 0.3 is 0 Å². The molecule has 1 aromatic heterocycles. The molecule has 0 bridgehead atoms. The van der Waals surface area contributed by atoms with E-state index in [2.05, 4.69) is 28.9 Å².